The molecule has 1 aromatic rings. The van der Waals surface area contributed by atoms with E-state index < -0.39 is 16.4 Å². The Morgan fingerprint density at radius 3 is 2.67 bits per heavy atom. The number of benzene rings is 1. The summed E-state index contributed by atoms with van der Waals surface area (Å²) in [5.74, 6) is -0.833. The van der Waals surface area contributed by atoms with Gasteiger partial charge in [0.1, 0.15) is 22.4 Å². The van der Waals surface area contributed by atoms with E-state index in [1.165, 1.54) is 25.1 Å². The Morgan fingerprint density at radius 2 is 2.19 bits per heavy atom. The molecule has 2 N–H and O–H groups in total. The van der Waals surface area contributed by atoms with Crippen molar-refractivity contribution in [3.05, 3.63) is 32.8 Å². The van der Waals surface area contributed by atoms with Gasteiger partial charge in [0.15, 0.2) is 0 Å². The first kappa shape index (κ1) is 17.4. The predicted molar refractivity (Wildman–Crippen MR) is 80.6 cm³/mol. The maximum absolute atomic E-state index is 11.4. The minimum atomic E-state index is -1.29. The van der Waals surface area contributed by atoms with Crippen molar-refractivity contribution >= 4 is 27.6 Å². The molecule has 0 bridgehead atoms. The molecule has 0 spiro atoms. The number of nitro groups is 1. The summed E-state index contributed by atoms with van der Waals surface area (Å²) in [6, 6.07) is 4.30. The number of rotatable bonds is 7. The first-order chi connectivity index (χ1) is 9.67. The van der Waals surface area contributed by atoms with Gasteiger partial charge in [0.05, 0.1) is 4.92 Å². The van der Waals surface area contributed by atoms with Crippen LogP contribution in [0.25, 0.3) is 0 Å². The quantitative estimate of drug-likeness (QED) is 0.572. The summed E-state index contributed by atoms with van der Waals surface area (Å²) in [7, 11) is 0. The number of hydrogen-bond acceptors (Lipinski definition) is 5. The van der Waals surface area contributed by atoms with Crippen LogP contribution in [0.15, 0.2) is 22.7 Å². The predicted octanol–water partition coefficient (Wildman–Crippen LogP) is 2.58. The molecule has 1 atom stereocenters. The molecular formula is C13H17BrN2O5. The number of nitrogens with one attached hydrogen (secondary N) is 1. The van der Waals surface area contributed by atoms with E-state index in [2.05, 4.69) is 21.2 Å². The number of carbonyl (C=O) groups is 1. The number of halogens is 1. The van der Waals surface area contributed by atoms with Crippen LogP contribution in [0.2, 0.25) is 0 Å². The number of hydrogen-bond donors (Lipinski definition) is 2. The maximum atomic E-state index is 11.4. The largest absolute Gasteiger partial charge is 0.490 e. The molecule has 0 radical (unpaired) electrons. The minimum absolute atomic E-state index is 0.0525. The topological polar surface area (TPSA) is 102 Å². The normalized spacial score (nSPS) is 13.8. The monoisotopic (exact) mass is 360 g/mol. The lowest BCUT2D eigenvalue weighted by Gasteiger charge is -2.28. The Labute approximate surface area is 130 Å². The van der Waals surface area contributed by atoms with Crippen LogP contribution in [-0.2, 0) is 4.79 Å². The molecule has 0 aliphatic carbocycles. The Kier molecular flexibility index (Phi) is 5.68. The molecule has 1 rings (SSSR count). The number of nitro benzene ring substituents is 1. The minimum Gasteiger partial charge on any atom is -0.490 e. The Hall–Kier alpha value is -1.67. The highest BCUT2D eigenvalue weighted by molar-refractivity contribution is 9.10. The van der Waals surface area contributed by atoms with Crippen molar-refractivity contribution in [2.75, 3.05) is 6.61 Å². The molecule has 0 heterocycles. The van der Waals surface area contributed by atoms with E-state index in [1.54, 1.807) is 0 Å². The van der Waals surface area contributed by atoms with Crippen molar-refractivity contribution < 1.29 is 19.6 Å². The molecule has 0 aromatic heterocycles. The van der Waals surface area contributed by atoms with Gasteiger partial charge in [-0.2, -0.15) is 0 Å². The van der Waals surface area contributed by atoms with E-state index in [0.717, 1.165) is 0 Å². The molecule has 0 aliphatic rings. The van der Waals surface area contributed by atoms with Gasteiger partial charge in [-0.3, -0.25) is 20.2 Å². The van der Waals surface area contributed by atoms with Crippen molar-refractivity contribution in [3.8, 4) is 5.75 Å². The molecule has 0 aliphatic heterocycles. The van der Waals surface area contributed by atoms with E-state index in [1.807, 2.05) is 13.8 Å². The third-order valence-corrected chi connectivity index (χ3v) is 3.53. The number of aliphatic carboxylic acids is 1. The summed E-state index contributed by atoms with van der Waals surface area (Å²) in [5.41, 5.74) is -1.43. The number of nitrogens with zero attached hydrogens (tertiary/aromatic N) is 1. The second-order valence-corrected chi connectivity index (χ2v) is 5.86. The fourth-order valence-corrected chi connectivity index (χ4v) is 2.30. The average molecular weight is 361 g/mol. The standard InChI is InChI=1S/C13H17BrN2O5/c1-8(2)15-13(3,12(17)18)7-21-10-6-4-5-9(11(10)14)16(19)20/h4-6,8,15H,7H2,1-3H3,(H,17,18). The van der Waals surface area contributed by atoms with Gasteiger partial charge < -0.3 is 9.84 Å². The van der Waals surface area contributed by atoms with Gasteiger partial charge in [-0.1, -0.05) is 6.07 Å². The van der Waals surface area contributed by atoms with Gasteiger partial charge in [0.2, 0.25) is 0 Å². The summed E-state index contributed by atoms with van der Waals surface area (Å²) < 4.78 is 5.65. The van der Waals surface area contributed by atoms with E-state index in [4.69, 9.17) is 4.74 Å². The van der Waals surface area contributed by atoms with Crippen molar-refractivity contribution in [2.24, 2.45) is 0 Å². The highest BCUT2D eigenvalue weighted by Crippen LogP contribution is 2.34. The van der Waals surface area contributed by atoms with Crippen LogP contribution in [0, 0.1) is 10.1 Å². The highest BCUT2D eigenvalue weighted by atomic mass is 79.9. The fraction of sp³-hybridized carbons (Fsp3) is 0.462. The van der Waals surface area contributed by atoms with Crippen LogP contribution in [0.5, 0.6) is 5.75 Å². The zero-order valence-electron chi connectivity index (χ0n) is 11.9. The van der Waals surface area contributed by atoms with E-state index in [9.17, 15) is 20.0 Å². The van der Waals surface area contributed by atoms with E-state index in [-0.39, 0.29) is 28.6 Å². The van der Waals surface area contributed by atoms with Gasteiger partial charge in [-0.05, 0) is 42.8 Å². The van der Waals surface area contributed by atoms with Gasteiger partial charge in [-0.25, -0.2) is 0 Å². The average Bonchev–Trinajstić information content (AvgIpc) is 2.36. The fourth-order valence-electron chi connectivity index (χ4n) is 1.78. The number of carboxylic acids is 1. The smallest absolute Gasteiger partial charge is 0.327 e. The number of ether oxygens (including phenoxy) is 1. The lowest BCUT2D eigenvalue weighted by Crippen LogP contribution is -2.56. The molecule has 7 nitrogen and oxygen atoms in total. The third-order valence-electron chi connectivity index (χ3n) is 2.74. The van der Waals surface area contributed by atoms with Crippen LogP contribution in [0.3, 0.4) is 0 Å². The molecule has 0 saturated heterocycles. The van der Waals surface area contributed by atoms with Crippen LogP contribution in [0.1, 0.15) is 20.8 Å². The molecule has 21 heavy (non-hydrogen) atoms. The number of carboxylic acid groups (broad SMARTS) is 1. The zero-order valence-corrected chi connectivity index (χ0v) is 13.5. The van der Waals surface area contributed by atoms with Crippen molar-refractivity contribution in [2.45, 2.75) is 32.4 Å². The Bertz CT molecular complexity index is 549. The van der Waals surface area contributed by atoms with Crippen LogP contribution in [-0.4, -0.2) is 34.2 Å². The van der Waals surface area contributed by atoms with Gasteiger partial charge >= 0.3 is 5.97 Å². The van der Waals surface area contributed by atoms with E-state index >= 15 is 0 Å². The lowest BCUT2D eigenvalue weighted by atomic mass is 10.0. The molecule has 8 heteroatoms. The second-order valence-electron chi connectivity index (χ2n) is 5.07. The van der Waals surface area contributed by atoms with Gasteiger partial charge in [-0.15, -0.1) is 0 Å². The SMILES string of the molecule is CC(C)NC(C)(COc1cccc([N+](=O)[O-])c1Br)C(=O)O. The van der Waals surface area contributed by atoms with Gasteiger partial charge in [0, 0.05) is 12.1 Å². The van der Waals surface area contributed by atoms with Crippen molar-refractivity contribution in [3.63, 3.8) is 0 Å². The molecular weight excluding hydrogens is 344 g/mol. The molecule has 116 valence electrons. The van der Waals surface area contributed by atoms with Crippen LogP contribution >= 0.6 is 15.9 Å². The van der Waals surface area contributed by atoms with Crippen LogP contribution < -0.4 is 10.1 Å². The summed E-state index contributed by atoms with van der Waals surface area (Å²) in [4.78, 5) is 21.7. The second kappa shape index (κ2) is 6.86. The molecule has 1 aromatic carbocycles. The molecule has 0 fully saturated rings. The molecule has 1 unspecified atom stereocenters. The summed E-state index contributed by atoms with van der Waals surface area (Å²) in [6.45, 7) is 4.98. The van der Waals surface area contributed by atoms with Crippen LogP contribution in [0.4, 0.5) is 5.69 Å². The lowest BCUT2D eigenvalue weighted by molar-refractivity contribution is -0.385. The van der Waals surface area contributed by atoms with Gasteiger partial charge in [0.25, 0.3) is 5.69 Å². The summed E-state index contributed by atoms with van der Waals surface area (Å²) >= 11 is 3.10. The van der Waals surface area contributed by atoms with Crippen molar-refractivity contribution in [1.82, 2.24) is 5.32 Å². The summed E-state index contributed by atoms with van der Waals surface area (Å²) in [5, 5.41) is 23.1. The third kappa shape index (κ3) is 4.40. The first-order valence-corrected chi connectivity index (χ1v) is 7.03. The zero-order chi connectivity index (χ0) is 16.2. The summed E-state index contributed by atoms with van der Waals surface area (Å²) in [6.07, 6.45) is 0. The molecule has 0 saturated carbocycles. The molecule has 0 amide bonds. The first-order valence-electron chi connectivity index (χ1n) is 6.24. The highest BCUT2D eigenvalue weighted by Gasteiger charge is 2.35. The maximum Gasteiger partial charge on any atom is 0.327 e. The Balaban J connectivity index is 2.94. The van der Waals surface area contributed by atoms with E-state index in [0.29, 0.717) is 0 Å². The Morgan fingerprint density at radius 1 is 1.57 bits per heavy atom. The van der Waals surface area contributed by atoms with Crippen molar-refractivity contribution in [1.29, 1.82) is 0 Å².